The predicted molar refractivity (Wildman–Crippen MR) is 106 cm³/mol. The van der Waals surface area contributed by atoms with Crippen molar-refractivity contribution in [3.8, 4) is 0 Å². The first-order valence-corrected chi connectivity index (χ1v) is 9.36. The lowest BCUT2D eigenvalue weighted by molar-refractivity contribution is 0.0732. The fraction of sp³-hybridized carbons (Fsp3) is 0.286. The van der Waals surface area contributed by atoms with Gasteiger partial charge in [0, 0.05) is 37.0 Å². The van der Waals surface area contributed by atoms with Crippen molar-refractivity contribution in [2.75, 3.05) is 11.9 Å². The molecule has 3 aromatic rings. The standard InChI is InChI=1S/C21H22N6O/c1-14-11-16(13-22-12-14)21(28)27-10-4-6-17(27)19-20(24-9-8-23-19)26-18-7-3-5-15(2)25-18/h3,5,7-9,11-13,17H,4,6,10H2,1-2H3,(H,24,25,26). The van der Waals surface area contributed by atoms with Crippen molar-refractivity contribution in [2.24, 2.45) is 0 Å². The Balaban J connectivity index is 1.64. The van der Waals surface area contributed by atoms with Gasteiger partial charge in [-0.1, -0.05) is 6.07 Å². The van der Waals surface area contributed by atoms with E-state index in [9.17, 15) is 4.79 Å². The maximum absolute atomic E-state index is 13.1. The van der Waals surface area contributed by atoms with Gasteiger partial charge in [0.15, 0.2) is 5.82 Å². The number of aryl methyl sites for hydroxylation is 2. The van der Waals surface area contributed by atoms with Gasteiger partial charge in [-0.15, -0.1) is 0 Å². The van der Waals surface area contributed by atoms with Crippen LogP contribution in [0.3, 0.4) is 0 Å². The third-order valence-corrected chi connectivity index (χ3v) is 4.81. The molecule has 1 atom stereocenters. The van der Waals surface area contributed by atoms with E-state index in [1.165, 1.54) is 0 Å². The summed E-state index contributed by atoms with van der Waals surface area (Å²) in [6.45, 7) is 4.57. The number of pyridine rings is 2. The van der Waals surface area contributed by atoms with Gasteiger partial charge in [0.05, 0.1) is 11.6 Å². The summed E-state index contributed by atoms with van der Waals surface area (Å²) in [5.74, 6) is 1.32. The first-order chi connectivity index (χ1) is 13.6. The molecule has 1 amide bonds. The number of carbonyl (C=O) groups is 1. The molecule has 0 bridgehead atoms. The fourth-order valence-electron chi connectivity index (χ4n) is 3.55. The van der Waals surface area contributed by atoms with Crippen LogP contribution in [0.2, 0.25) is 0 Å². The summed E-state index contributed by atoms with van der Waals surface area (Å²) >= 11 is 0. The van der Waals surface area contributed by atoms with Crippen LogP contribution >= 0.6 is 0 Å². The quantitative estimate of drug-likeness (QED) is 0.751. The highest BCUT2D eigenvalue weighted by molar-refractivity contribution is 5.94. The average Bonchev–Trinajstić information content (AvgIpc) is 3.17. The molecule has 0 aliphatic carbocycles. The molecule has 0 aromatic carbocycles. The minimum atomic E-state index is -0.131. The number of hydrogen-bond donors (Lipinski definition) is 1. The Labute approximate surface area is 163 Å². The molecule has 0 radical (unpaired) electrons. The number of anilines is 2. The van der Waals surface area contributed by atoms with Crippen LogP contribution in [-0.4, -0.2) is 37.3 Å². The molecule has 1 N–H and O–H groups in total. The van der Waals surface area contributed by atoms with Gasteiger partial charge in [0.2, 0.25) is 0 Å². The van der Waals surface area contributed by atoms with Gasteiger partial charge >= 0.3 is 0 Å². The van der Waals surface area contributed by atoms with E-state index >= 15 is 0 Å². The zero-order valence-electron chi connectivity index (χ0n) is 16.0. The molecule has 0 saturated carbocycles. The second-order valence-electron chi connectivity index (χ2n) is 6.99. The molecule has 4 heterocycles. The van der Waals surface area contributed by atoms with E-state index in [-0.39, 0.29) is 11.9 Å². The van der Waals surface area contributed by atoms with Gasteiger partial charge in [-0.25, -0.2) is 9.97 Å². The minimum absolute atomic E-state index is 0.0241. The van der Waals surface area contributed by atoms with E-state index in [2.05, 4.69) is 25.3 Å². The lowest BCUT2D eigenvalue weighted by atomic mass is 10.1. The fourth-order valence-corrected chi connectivity index (χ4v) is 3.55. The number of rotatable bonds is 4. The van der Waals surface area contributed by atoms with Gasteiger partial charge < -0.3 is 10.2 Å². The van der Waals surface area contributed by atoms with Crippen molar-refractivity contribution in [1.29, 1.82) is 0 Å². The van der Waals surface area contributed by atoms with Crippen LogP contribution in [0.4, 0.5) is 11.6 Å². The van der Waals surface area contributed by atoms with Crippen molar-refractivity contribution < 1.29 is 4.79 Å². The lowest BCUT2D eigenvalue weighted by Crippen LogP contribution is -2.31. The van der Waals surface area contributed by atoms with Crippen LogP contribution < -0.4 is 5.32 Å². The van der Waals surface area contributed by atoms with E-state index in [1.54, 1.807) is 24.8 Å². The topological polar surface area (TPSA) is 83.9 Å². The highest BCUT2D eigenvalue weighted by Crippen LogP contribution is 2.35. The van der Waals surface area contributed by atoms with Gasteiger partial charge in [-0.05, 0) is 50.5 Å². The number of carbonyl (C=O) groups excluding carboxylic acids is 1. The highest BCUT2D eigenvalue weighted by atomic mass is 16.2. The Morgan fingerprint density at radius 3 is 2.86 bits per heavy atom. The first-order valence-electron chi connectivity index (χ1n) is 9.36. The molecular weight excluding hydrogens is 352 g/mol. The molecule has 7 heteroatoms. The second kappa shape index (κ2) is 7.72. The summed E-state index contributed by atoms with van der Waals surface area (Å²) < 4.78 is 0. The molecule has 1 fully saturated rings. The molecule has 142 valence electrons. The van der Waals surface area contributed by atoms with Crippen LogP contribution in [0.25, 0.3) is 0 Å². The van der Waals surface area contributed by atoms with E-state index in [1.807, 2.05) is 43.0 Å². The molecule has 3 aromatic heterocycles. The van der Waals surface area contributed by atoms with Crippen molar-refractivity contribution in [3.63, 3.8) is 0 Å². The van der Waals surface area contributed by atoms with Gasteiger partial charge in [-0.2, -0.15) is 0 Å². The molecule has 7 nitrogen and oxygen atoms in total. The monoisotopic (exact) mass is 374 g/mol. The minimum Gasteiger partial charge on any atom is -0.330 e. The van der Waals surface area contributed by atoms with Gasteiger partial charge in [-0.3, -0.25) is 14.8 Å². The Morgan fingerprint density at radius 2 is 2.04 bits per heavy atom. The summed E-state index contributed by atoms with van der Waals surface area (Å²) in [4.78, 5) is 32.6. The largest absolute Gasteiger partial charge is 0.330 e. The number of nitrogens with one attached hydrogen (secondary N) is 1. The number of aromatic nitrogens is 4. The zero-order valence-corrected chi connectivity index (χ0v) is 16.0. The molecule has 1 unspecified atom stereocenters. The number of hydrogen-bond acceptors (Lipinski definition) is 6. The van der Waals surface area contributed by atoms with Crippen molar-refractivity contribution in [3.05, 3.63) is 71.6 Å². The zero-order chi connectivity index (χ0) is 19.5. The summed E-state index contributed by atoms with van der Waals surface area (Å²) in [5.41, 5.74) is 3.25. The highest BCUT2D eigenvalue weighted by Gasteiger charge is 2.33. The maximum Gasteiger partial charge on any atom is 0.255 e. The normalized spacial score (nSPS) is 16.2. The van der Waals surface area contributed by atoms with Crippen LogP contribution in [0.5, 0.6) is 0 Å². The molecule has 0 spiro atoms. The number of likely N-dealkylation sites (tertiary alicyclic amines) is 1. The number of amides is 1. The Kier molecular flexibility index (Phi) is 4.97. The van der Waals surface area contributed by atoms with Crippen molar-refractivity contribution in [1.82, 2.24) is 24.8 Å². The maximum atomic E-state index is 13.1. The van der Waals surface area contributed by atoms with E-state index in [0.29, 0.717) is 23.7 Å². The number of nitrogens with zero attached hydrogens (tertiary/aromatic N) is 5. The van der Waals surface area contributed by atoms with Crippen LogP contribution in [0, 0.1) is 13.8 Å². The van der Waals surface area contributed by atoms with E-state index < -0.39 is 0 Å². The SMILES string of the molecule is Cc1cncc(C(=O)N2CCCC2c2nccnc2Nc2cccc(C)n2)c1. The third-order valence-electron chi connectivity index (χ3n) is 4.81. The Bertz CT molecular complexity index is 1010. The van der Waals surface area contributed by atoms with Gasteiger partial charge in [0.1, 0.15) is 11.5 Å². The Morgan fingerprint density at radius 1 is 1.18 bits per heavy atom. The lowest BCUT2D eigenvalue weighted by Gasteiger charge is -2.25. The second-order valence-corrected chi connectivity index (χ2v) is 6.99. The van der Waals surface area contributed by atoms with Crippen LogP contribution in [-0.2, 0) is 0 Å². The summed E-state index contributed by atoms with van der Waals surface area (Å²) in [5, 5.41) is 3.26. The van der Waals surface area contributed by atoms with Crippen LogP contribution in [0.15, 0.2) is 49.1 Å². The predicted octanol–water partition coefficient (Wildman–Crippen LogP) is 3.60. The first kappa shape index (κ1) is 18.0. The third kappa shape index (κ3) is 3.69. The summed E-state index contributed by atoms with van der Waals surface area (Å²) in [6, 6.07) is 7.51. The Hall–Kier alpha value is -3.35. The van der Waals surface area contributed by atoms with Crippen molar-refractivity contribution >= 4 is 17.5 Å². The summed E-state index contributed by atoms with van der Waals surface area (Å²) in [6.07, 6.45) is 8.45. The molecule has 1 aliphatic rings. The van der Waals surface area contributed by atoms with Crippen LogP contribution in [0.1, 0.15) is 46.2 Å². The summed E-state index contributed by atoms with van der Waals surface area (Å²) in [7, 11) is 0. The van der Waals surface area contributed by atoms with Gasteiger partial charge in [0.25, 0.3) is 5.91 Å². The molecule has 1 saturated heterocycles. The molecular formula is C21H22N6O. The average molecular weight is 374 g/mol. The molecule has 28 heavy (non-hydrogen) atoms. The van der Waals surface area contributed by atoms with E-state index in [0.717, 1.165) is 29.8 Å². The molecule has 1 aliphatic heterocycles. The molecule has 4 rings (SSSR count). The van der Waals surface area contributed by atoms with Crippen molar-refractivity contribution in [2.45, 2.75) is 32.7 Å². The van der Waals surface area contributed by atoms with E-state index in [4.69, 9.17) is 0 Å². The smallest absolute Gasteiger partial charge is 0.255 e.